The van der Waals surface area contributed by atoms with Crippen LogP contribution in [0, 0.1) is 6.92 Å². The van der Waals surface area contributed by atoms with Crippen LogP contribution in [-0.4, -0.2) is 5.12 Å². The summed E-state index contributed by atoms with van der Waals surface area (Å²) >= 11 is 2.98. The largest absolute Gasteiger partial charge is 0.282 e. The van der Waals surface area contributed by atoms with Crippen LogP contribution in [0.1, 0.15) is 10.4 Å². The van der Waals surface area contributed by atoms with Gasteiger partial charge in [0.25, 0.3) is 0 Å². The molecule has 0 aliphatic rings. The van der Waals surface area contributed by atoms with Gasteiger partial charge in [-0.15, -0.1) is 11.3 Å². The number of thioether (sulfide) groups is 1. The SMILES string of the molecule is Cc1c(/C=C/C(=O)Sc2ccccc2)sc2ccccc12. The van der Waals surface area contributed by atoms with E-state index < -0.39 is 0 Å². The molecular formula is C18H14OS2. The fraction of sp³-hybridized carbons (Fsp3) is 0.0556. The van der Waals surface area contributed by atoms with Gasteiger partial charge in [0.2, 0.25) is 5.12 Å². The van der Waals surface area contributed by atoms with Crippen LogP contribution in [-0.2, 0) is 4.79 Å². The van der Waals surface area contributed by atoms with Gasteiger partial charge < -0.3 is 0 Å². The van der Waals surface area contributed by atoms with E-state index in [2.05, 4.69) is 19.1 Å². The first-order chi connectivity index (χ1) is 10.2. The minimum Gasteiger partial charge on any atom is -0.282 e. The van der Waals surface area contributed by atoms with Crippen LogP contribution in [0.2, 0.25) is 0 Å². The van der Waals surface area contributed by atoms with Crippen molar-refractivity contribution < 1.29 is 4.79 Å². The average Bonchev–Trinajstić information content (AvgIpc) is 2.83. The fourth-order valence-electron chi connectivity index (χ4n) is 2.13. The standard InChI is InChI=1S/C18H14OS2/c1-13-15-9-5-6-10-17(15)21-16(13)11-12-18(19)20-14-7-3-2-4-8-14/h2-12H,1H3/b12-11+. The van der Waals surface area contributed by atoms with Gasteiger partial charge in [-0.3, -0.25) is 4.79 Å². The lowest BCUT2D eigenvalue weighted by Crippen LogP contribution is -1.84. The summed E-state index contributed by atoms with van der Waals surface area (Å²) in [7, 11) is 0. The van der Waals surface area contributed by atoms with E-state index >= 15 is 0 Å². The molecular weight excluding hydrogens is 296 g/mol. The molecule has 0 aliphatic carbocycles. The maximum absolute atomic E-state index is 12.0. The summed E-state index contributed by atoms with van der Waals surface area (Å²) < 4.78 is 1.26. The average molecular weight is 310 g/mol. The monoisotopic (exact) mass is 310 g/mol. The van der Waals surface area contributed by atoms with Crippen molar-refractivity contribution in [1.82, 2.24) is 0 Å². The molecule has 0 spiro atoms. The molecule has 0 amide bonds. The van der Waals surface area contributed by atoms with E-state index in [9.17, 15) is 4.79 Å². The van der Waals surface area contributed by atoms with Crippen molar-refractivity contribution in [2.24, 2.45) is 0 Å². The first kappa shape index (κ1) is 14.1. The molecule has 0 saturated heterocycles. The molecule has 1 nitrogen and oxygen atoms in total. The second-order valence-electron chi connectivity index (χ2n) is 4.65. The highest BCUT2D eigenvalue weighted by Gasteiger charge is 2.06. The van der Waals surface area contributed by atoms with E-state index in [1.54, 1.807) is 17.4 Å². The molecule has 0 N–H and O–H groups in total. The van der Waals surface area contributed by atoms with E-state index in [0.29, 0.717) is 0 Å². The van der Waals surface area contributed by atoms with E-state index in [1.807, 2.05) is 48.5 Å². The van der Waals surface area contributed by atoms with Crippen molar-refractivity contribution in [1.29, 1.82) is 0 Å². The number of fused-ring (bicyclic) bond motifs is 1. The second-order valence-corrected chi connectivity index (χ2v) is 6.82. The molecule has 0 unspecified atom stereocenters. The summed E-state index contributed by atoms with van der Waals surface area (Å²) in [6.07, 6.45) is 3.59. The summed E-state index contributed by atoms with van der Waals surface area (Å²) in [5.41, 5.74) is 1.24. The Morgan fingerprint density at radius 3 is 2.52 bits per heavy atom. The maximum Gasteiger partial charge on any atom is 0.216 e. The number of carbonyl (C=O) groups is 1. The van der Waals surface area contributed by atoms with Gasteiger partial charge in [0.1, 0.15) is 0 Å². The quantitative estimate of drug-likeness (QED) is 0.466. The molecule has 1 aromatic heterocycles. The van der Waals surface area contributed by atoms with Gasteiger partial charge in [0.05, 0.1) is 0 Å². The molecule has 1 heterocycles. The van der Waals surface area contributed by atoms with Crippen LogP contribution in [0.15, 0.2) is 65.6 Å². The summed E-state index contributed by atoms with van der Waals surface area (Å²) in [4.78, 5) is 14.1. The number of thiophene rings is 1. The fourth-order valence-corrected chi connectivity index (χ4v) is 3.91. The third-order valence-electron chi connectivity index (χ3n) is 3.21. The van der Waals surface area contributed by atoms with Gasteiger partial charge in [-0.1, -0.05) is 36.4 Å². The lowest BCUT2D eigenvalue weighted by atomic mass is 10.1. The molecule has 3 rings (SSSR count). The number of benzene rings is 2. The lowest BCUT2D eigenvalue weighted by Gasteiger charge is -1.95. The Kier molecular flexibility index (Phi) is 4.23. The van der Waals surface area contributed by atoms with Gasteiger partial charge in [-0.2, -0.15) is 0 Å². The Hall–Kier alpha value is -1.84. The zero-order valence-electron chi connectivity index (χ0n) is 11.6. The highest BCUT2D eigenvalue weighted by molar-refractivity contribution is 8.14. The molecule has 3 aromatic rings. The van der Waals surface area contributed by atoms with Crippen LogP contribution >= 0.6 is 23.1 Å². The van der Waals surface area contributed by atoms with Crippen molar-refractivity contribution in [2.45, 2.75) is 11.8 Å². The van der Waals surface area contributed by atoms with E-state index in [1.165, 1.54) is 27.4 Å². The van der Waals surface area contributed by atoms with Crippen LogP contribution in [0.5, 0.6) is 0 Å². The Bertz CT molecular complexity index is 800. The molecule has 104 valence electrons. The van der Waals surface area contributed by atoms with Crippen molar-refractivity contribution in [3.8, 4) is 0 Å². The number of rotatable bonds is 3. The molecule has 0 bridgehead atoms. The normalized spacial score (nSPS) is 11.3. The molecule has 0 fully saturated rings. The molecule has 0 atom stereocenters. The highest BCUT2D eigenvalue weighted by atomic mass is 32.2. The number of carbonyl (C=O) groups excluding carboxylic acids is 1. The summed E-state index contributed by atoms with van der Waals surface area (Å²) in [6, 6.07) is 18.1. The Morgan fingerprint density at radius 1 is 1.05 bits per heavy atom. The lowest BCUT2D eigenvalue weighted by molar-refractivity contribution is -0.106. The maximum atomic E-state index is 12.0. The molecule has 2 aromatic carbocycles. The van der Waals surface area contributed by atoms with E-state index in [-0.39, 0.29) is 5.12 Å². The molecule has 0 radical (unpaired) electrons. The molecule has 0 saturated carbocycles. The highest BCUT2D eigenvalue weighted by Crippen LogP contribution is 2.31. The van der Waals surface area contributed by atoms with Crippen LogP contribution in [0.25, 0.3) is 16.2 Å². The van der Waals surface area contributed by atoms with Gasteiger partial charge >= 0.3 is 0 Å². The van der Waals surface area contributed by atoms with Crippen molar-refractivity contribution in [3.05, 3.63) is 71.1 Å². The zero-order valence-corrected chi connectivity index (χ0v) is 13.2. The Labute approximate surface area is 132 Å². The third-order valence-corrected chi connectivity index (χ3v) is 5.30. The van der Waals surface area contributed by atoms with Crippen LogP contribution in [0.4, 0.5) is 0 Å². The van der Waals surface area contributed by atoms with Crippen LogP contribution in [0.3, 0.4) is 0 Å². The van der Waals surface area contributed by atoms with E-state index in [0.717, 1.165) is 9.77 Å². The minimum absolute atomic E-state index is 0.0538. The predicted molar refractivity (Wildman–Crippen MR) is 92.9 cm³/mol. The topological polar surface area (TPSA) is 17.1 Å². The predicted octanol–water partition coefficient (Wildman–Crippen LogP) is 5.54. The summed E-state index contributed by atoms with van der Waals surface area (Å²) in [6.45, 7) is 2.10. The Morgan fingerprint density at radius 2 is 1.76 bits per heavy atom. The Balaban J connectivity index is 1.78. The first-order valence-corrected chi connectivity index (χ1v) is 8.30. The van der Waals surface area contributed by atoms with Crippen LogP contribution < -0.4 is 0 Å². The second kappa shape index (κ2) is 6.29. The van der Waals surface area contributed by atoms with Gasteiger partial charge in [-0.05, 0) is 60.0 Å². The van der Waals surface area contributed by atoms with Crippen molar-refractivity contribution in [3.63, 3.8) is 0 Å². The van der Waals surface area contributed by atoms with Gasteiger partial charge in [0.15, 0.2) is 0 Å². The summed E-state index contributed by atoms with van der Waals surface area (Å²) in [5, 5.41) is 1.32. The third kappa shape index (κ3) is 3.26. The molecule has 0 aliphatic heterocycles. The van der Waals surface area contributed by atoms with Gasteiger partial charge in [0, 0.05) is 14.5 Å². The number of hydrogen-bond acceptors (Lipinski definition) is 3. The molecule has 3 heteroatoms. The van der Waals surface area contributed by atoms with Crippen molar-refractivity contribution in [2.75, 3.05) is 0 Å². The van der Waals surface area contributed by atoms with Gasteiger partial charge in [-0.25, -0.2) is 0 Å². The smallest absolute Gasteiger partial charge is 0.216 e. The minimum atomic E-state index is 0.0538. The first-order valence-electron chi connectivity index (χ1n) is 6.67. The number of aryl methyl sites for hydroxylation is 1. The van der Waals surface area contributed by atoms with Crippen molar-refractivity contribution >= 4 is 44.4 Å². The number of hydrogen-bond donors (Lipinski definition) is 0. The van der Waals surface area contributed by atoms with E-state index in [4.69, 9.17) is 0 Å². The summed E-state index contributed by atoms with van der Waals surface area (Å²) in [5.74, 6) is 0. The molecule has 21 heavy (non-hydrogen) atoms. The zero-order chi connectivity index (χ0) is 14.7.